The number of carboxylic acids is 1. The maximum Gasteiger partial charge on any atom is 0.335 e. The topological polar surface area (TPSA) is 91.6 Å². The molecular weight excluding hydrogens is 364 g/mol. The summed E-state index contributed by atoms with van der Waals surface area (Å²) in [7, 11) is 0. The zero-order chi connectivity index (χ0) is 16.4. The molecule has 0 spiro atoms. The van der Waals surface area contributed by atoms with E-state index in [0.29, 0.717) is 17.2 Å². The summed E-state index contributed by atoms with van der Waals surface area (Å²) >= 11 is 3.37. The maximum absolute atomic E-state index is 11.9. The largest absolute Gasteiger partial charge is 0.478 e. The predicted molar refractivity (Wildman–Crippen MR) is 90.0 cm³/mol. The number of hydrogen-bond donors (Lipinski definition) is 3. The molecular formula is C16H11BrN2O4. The Morgan fingerprint density at radius 1 is 1.00 bits per heavy atom. The Balaban J connectivity index is 1.69. The molecule has 0 saturated heterocycles. The first-order valence-electron chi connectivity index (χ1n) is 6.62. The van der Waals surface area contributed by atoms with Crippen LogP contribution in [0.15, 0.2) is 57.4 Å². The highest BCUT2D eigenvalue weighted by Gasteiger charge is 2.09. The highest BCUT2D eigenvalue weighted by Crippen LogP contribution is 2.26. The zero-order valence-electron chi connectivity index (χ0n) is 11.7. The van der Waals surface area contributed by atoms with E-state index in [-0.39, 0.29) is 5.56 Å². The van der Waals surface area contributed by atoms with Crippen LogP contribution in [0.25, 0.3) is 11.0 Å². The molecule has 1 heterocycles. The third-order valence-electron chi connectivity index (χ3n) is 3.10. The first kappa shape index (κ1) is 15.1. The van der Waals surface area contributed by atoms with Gasteiger partial charge in [-0.05, 0) is 42.5 Å². The number of urea groups is 1. The number of nitrogens with one attached hydrogen (secondary N) is 2. The Bertz CT molecular complexity index is 887. The number of rotatable bonds is 3. The smallest absolute Gasteiger partial charge is 0.335 e. The average molecular weight is 375 g/mol. The van der Waals surface area contributed by atoms with E-state index in [1.165, 1.54) is 24.3 Å². The lowest BCUT2D eigenvalue weighted by Crippen LogP contribution is -2.19. The summed E-state index contributed by atoms with van der Waals surface area (Å²) in [4.78, 5) is 22.7. The van der Waals surface area contributed by atoms with E-state index in [4.69, 9.17) is 9.52 Å². The van der Waals surface area contributed by atoms with Crippen molar-refractivity contribution in [3.63, 3.8) is 0 Å². The predicted octanol–water partition coefficient (Wildman–Crippen LogP) is 4.54. The molecule has 0 fully saturated rings. The van der Waals surface area contributed by atoms with Crippen molar-refractivity contribution in [2.75, 3.05) is 10.6 Å². The third kappa shape index (κ3) is 3.51. The molecule has 6 nitrogen and oxygen atoms in total. The summed E-state index contributed by atoms with van der Waals surface area (Å²) < 4.78 is 6.43. The second-order valence-corrected chi connectivity index (χ2v) is 5.67. The molecule has 0 unspecified atom stereocenters. The van der Waals surface area contributed by atoms with Gasteiger partial charge in [-0.15, -0.1) is 0 Å². The molecule has 0 aliphatic rings. The highest BCUT2D eigenvalue weighted by atomic mass is 79.9. The summed E-state index contributed by atoms with van der Waals surface area (Å²) in [6, 6.07) is 12.6. The fourth-order valence-corrected chi connectivity index (χ4v) is 2.42. The standard InChI is InChI=1S/C16H11BrN2O4/c17-11-3-6-13-10(7-11)8-14(23-13)19-16(22)18-12-4-1-9(2-5-12)15(20)21/h1-8H,(H,20,21)(H2,18,19,22). The van der Waals surface area contributed by atoms with Crippen LogP contribution in [-0.4, -0.2) is 17.1 Å². The van der Waals surface area contributed by atoms with Gasteiger partial charge in [0.05, 0.1) is 5.56 Å². The first-order chi connectivity index (χ1) is 11.0. The molecule has 3 aromatic rings. The lowest BCUT2D eigenvalue weighted by atomic mass is 10.2. The van der Waals surface area contributed by atoms with Gasteiger partial charge in [0.2, 0.25) is 5.88 Å². The zero-order valence-corrected chi connectivity index (χ0v) is 13.3. The molecule has 0 atom stereocenters. The molecule has 0 saturated carbocycles. The van der Waals surface area contributed by atoms with Gasteiger partial charge in [-0.2, -0.15) is 0 Å². The maximum atomic E-state index is 11.9. The second-order valence-electron chi connectivity index (χ2n) is 4.75. The second kappa shape index (κ2) is 6.13. The Labute approximate surface area is 139 Å². The van der Waals surface area contributed by atoms with Crippen LogP contribution in [0.2, 0.25) is 0 Å². The monoisotopic (exact) mass is 374 g/mol. The van der Waals surface area contributed by atoms with Gasteiger partial charge in [0.15, 0.2) is 0 Å². The average Bonchev–Trinajstić information content (AvgIpc) is 2.88. The van der Waals surface area contributed by atoms with Crippen molar-refractivity contribution < 1.29 is 19.1 Å². The van der Waals surface area contributed by atoms with E-state index in [1.54, 1.807) is 12.1 Å². The molecule has 116 valence electrons. The molecule has 0 aliphatic heterocycles. The summed E-state index contributed by atoms with van der Waals surface area (Å²) in [6.45, 7) is 0. The van der Waals surface area contributed by atoms with Crippen LogP contribution in [0.5, 0.6) is 0 Å². The number of fused-ring (bicyclic) bond motifs is 1. The van der Waals surface area contributed by atoms with Crippen LogP contribution in [0, 0.1) is 0 Å². The molecule has 7 heteroatoms. The number of halogens is 1. The molecule has 3 rings (SSSR count). The van der Waals surface area contributed by atoms with Crippen molar-refractivity contribution in [2.24, 2.45) is 0 Å². The Kier molecular flexibility index (Phi) is 4.03. The van der Waals surface area contributed by atoms with Gasteiger partial charge < -0.3 is 14.8 Å². The van der Waals surface area contributed by atoms with Gasteiger partial charge in [0, 0.05) is 21.6 Å². The van der Waals surface area contributed by atoms with E-state index < -0.39 is 12.0 Å². The summed E-state index contributed by atoms with van der Waals surface area (Å²) in [6.07, 6.45) is 0. The molecule has 0 bridgehead atoms. The molecule has 0 aliphatic carbocycles. The molecule has 2 aromatic carbocycles. The molecule has 1 aromatic heterocycles. The van der Waals surface area contributed by atoms with E-state index in [9.17, 15) is 9.59 Å². The Morgan fingerprint density at radius 2 is 1.74 bits per heavy atom. The van der Waals surface area contributed by atoms with E-state index in [0.717, 1.165) is 9.86 Å². The lowest BCUT2D eigenvalue weighted by Gasteiger charge is -2.05. The number of carbonyl (C=O) groups excluding carboxylic acids is 1. The Hall–Kier alpha value is -2.80. The number of carboxylic acid groups (broad SMARTS) is 1. The number of furan rings is 1. The third-order valence-corrected chi connectivity index (χ3v) is 3.60. The molecule has 3 N–H and O–H groups in total. The van der Waals surface area contributed by atoms with Crippen molar-refractivity contribution in [3.8, 4) is 0 Å². The van der Waals surface area contributed by atoms with E-state index in [1.807, 2.05) is 12.1 Å². The number of benzene rings is 2. The number of hydrogen-bond acceptors (Lipinski definition) is 3. The van der Waals surface area contributed by atoms with Crippen LogP contribution in [-0.2, 0) is 0 Å². The van der Waals surface area contributed by atoms with Gasteiger partial charge in [-0.25, -0.2) is 9.59 Å². The minimum absolute atomic E-state index is 0.152. The van der Waals surface area contributed by atoms with Gasteiger partial charge >= 0.3 is 12.0 Å². The summed E-state index contributed by atoms with van der Waals surface area (Å²) in [5, 5.41) is 14.9. The fraction of sp³-hybridized carbons (Fsp3) is 0. The van der Waals surface area contributed by atoms with Crippen molar-refractivity contribution in [3.05, 3.63) is 58.6 Å². The fourth-order valence-electron chi connectivity index (χ4n) is 2.05. The minimum atomic E-state index is -1.02. The summed E-state index contributed by atoms with van der Waals surface area (Å²) in [5.41, 5.74) is 1.29. The van der Waals surface area contributed by atoms with Crippen molar-refractivity contribution in [1.82, 2.24) is 0 Å². The minimum Gasteiger partial charge on any atom is -0.478 e. The first-order valence-corrected chi connectivity index (χ1v) is 7.41. The van der Waals surface area contributed by atoms with Gasteiger partial charge in [-0.3, -0.25) is 5.32 Å². The van der Waals surface area contributed by atoms with Gasteiger partial charge in [0.25, 0.3) is 0 Å². The lowest BCUT2D eigenvalue weighted by molar-refractivity contribution is 0.0697. The van der Waals surface area contributed by atoms with E-state index in [2.05, 4.69) is 26.6 Å². The van der Waals surface area contributed by atoms with Crippen LogP contribution in [0.1, 0.15) is 10.4 Å². The van der Waals surface area contributed by atoms with Gasteiger partial charge in [-0.1, -0.05) is 15.9 Å². The van der Waals surface area contributed by atoms with Crippen LogP contribution >= 0.6 is 15.9 Å². The molecule has 23 heavy (non-hydrogen) atoms. The number of anilines is 2. The van der Waals surface area contributed by atoms with E-state index >= 15 is 0 Å². The SMILES string of the molecule is O=C(Nc1ccc(C(=O)O)cc1)Nc1cc2cc(Br)ccc2o1. The highest BCUT2D eigenvalue weighted by molar-refractivity contribution is 9.10. The van der Waals surface area contributed by atoms with Crippen LogP contribution in [0.4, 0.5) is 16.4 Å². The molecule has 2 amide bonds. The van der Waals surface area contributed by atoms with Crippen molar-refractivity contribution in [2.45, 2.75) is 0 Å². The normalized spacial score (nSPS) is 10.5. The summed E-state index contributed by atoms with van der Waals surface area (Å²) in [5.74, 6) is -0.702. The Morgan fingerprint density at radius 3 is 2.43 bits per heavy atom. The van der Waals surface area contributed by atoms with Crippen molar-refractivity contribution in [1.29, 1.82) is 0 Å². The van der Waals surface area contributed by atoms with Crippen LogP contribution in [0.3, 0.4) is 0 Å². The quantitative estimate of drug-likeness (QED) is 0.627. The number of carbonyl (C=O) groups is 2. The number of amides is 2. The van der Waals surface area contributed by atoms with Gasteiger partial charge in [0.1, 0.15) is 5.58 Å². The molecule has 0 radical (unpaired) electrons. The van der Waals surface area contributed by atoms with Crippen molar-refractivity contribution >= 4 is 50.5 Å². The van der Waals surface area contributed by atoms with Crippen LogP contribution < -0.4 is 10.6 Å². The number of aromatic carboxylic acids is 1.